The van der Waals surface area contributed by atoms with Gasteiger partial charge in [0.25, 0.3) is 17.7 Å². The summed E-state index contributed by atoms with van der Waals surface area (Å²) < 4.78 is 32.3. The number of hydrogen-bond acceptors (Lipinski definition) is 12. The maximum Gasteiger partial charge on any atom is 0.321 e. The number of rotatable bonds is 11. The lowest BCUT2D eigenvalue weighted by Gasteiger charge is -2.35. The smallest absolute Gasteiger partial charge is 0.321 e. The molecule has 2 unspecified atom stereocenters. The van der Waals surface area contributed by atoms with E-state index in [0.29, 0.717) is 21.8 Å². The normalized spacial score (nSPS) is 17.2. The van der Waals surface area contributed by atoms with Crippen molar-refractivity contribution in [3.05, 3.63) is 134 Å². The zero-order valence-corrected chi connectivity index (χ0v) is 42.5. The van der Waals surface area contributed by atoms with Crippen LogP contribution in [0, 0.1) is 24.0 Å². The fourth-order valence-corrected chi connectivity index (χ4v) is 9.47. The number of urea groups is 2. The number of nitrogens with one attached hydrogen (secondary N) is 5. The monoisotopic (exact) mass is 1070 g/mol. The highest BCUT2D eigenvalue weighted by atomic mass is 35.5. The van der Waals surface area contributed by atoms with Gasteiger partial charge in [-0.1, -0.05) is 41.9 Å². The molecule has 23 heteroatoms. The van der Waals surface area contributed by atoms with Crippen LogP contribution in [-0.4, -0.2) is 92.0 Å². The van der Waals surface area contributed by atoms with Crippen LogP contribution in [0.5, 0.6) is 0 Å². The molecule has 75 heavy (non-hydrogen) atoms. The van der Waals surface area contributed by atoms with Gasteiger partial charge >= 0.3 is 18.0 Å². The van der Waals surface area contributed by atoms with Crippen LogP contribution in [-0.2, 0) is 54.9 Å². The first-order chi connectivity index (χ1) is 35.6. The molecule has 0 bridgehead atoms. The van der Waals surface area contributed by atoms with Gasteiger partial charge in [-0.25, -0.2) is 28.3 Å². The molecule has 4 aromatic carbocycles. The van der Waals surface area contributed by atoms with E-state index >= 15 is 0 Å². The molecule has 2 atom stereocenters. The number of ether oxygens (including phenoxy) is 1. The summed E-state index contributed by atoms with van der Waals surface area (Å²) in [5, 5.41) is 15.4. The van der Waals surface area contributed by atoms with E-state index in [2.05, 4.69) is 31.6 Å². The predicted octanol–water partition coefficient (Wildman–Crippen LogP) is 7.16. The van der Waals surface area contributed by atoms with Crippen LogP contribution in [0.4, 0.5) is 29.2 Å². The first-order valence-electron chi connectivity index (χ1n) is 23.6. The number of halogens is 3. The highest BCUT2D eigenvalue weighted by Crippen LogP contribution is 2.32. The molecular formula is C52H50ClF2N9O10S. The van der Waals surface area contributed by atoms with Gasteiger partial charge < -0.3 is 30.5 Å². The molecule has 4 aliphatic rings. The SMILES string of the molecule is Cc1ccc(NC(=O)NCc2ccc3c(c2)CN(C2CCC(=O)N(COC(=O)C(C)(C)C)C2=O)C3=O)cc1Cl.O=C1CCC(N2Cc3cc(CNC(=O)Nc4nc(-c5ccc(F)cc5F)cs4)ccc3C2=O)C(=O)N1. The van der Waals surface area contributed by atoms with Crippen molar-refractivity contribution in [2.75, 3.05) is 17.4 Å². The summed E-state index contributed by atoms with van der Waals surface area (Å²) in [6.45, 7) is 7.23. The fourth-order valence-electron chi connectivity index (χ4n) is 8.59. The Hall–Kier alpha value is -8.11. The molecule has 2 fully saturated rings. The van der Waals surface area contributed by atoms with Gasteiger partial charge in [0, 0.05) is 77.9 Å². The number of nitrogens with zero attached hydrogens (tertiary/aromatic N) is 4. The molecule has 2 saturated heterocycles. The van der Waals surface area contributed by atoms with Crippen LogP contribution in [0.3, 0.4) is 0 Å². The van der Waals surface area contributed by atoms with E-state index in [9.17, 15) is 51.9 Å². The number of amides is 10. The van der Waals surface area contributed by atoms with Crippen molar-refractivity contribution in [1.82, 2.24) is 35.6 Å². The molecule has 19 nitrogen and oxygen atoms in total. The van der Waals surface area contributed by atoms with Crippen molar-refractivity contribution >= 4 is 87.2 Å². The Morgan fingerprint density at radius 1 is 0.773 bits per heavy atom. The Morgan fingerprint density at radius 3 is 1.97 bits per heavy atom. The molecule has 4 aliphatic heterocycles. The molecule has 5 N–H and O–H groups in total. The molecule has 9 rings (SSSR count). The van der Waals surface area contributed by atoms with Gasteiger partial charge in [-0.05, 0) is 105 Å². The van der Waals surface area contributed by atoms with Gasteiger partial charge in [0.05, 0.1) is 11.1 Å². The van der Waals surface area contributed by atoms with Crippen molar-refractivity contribution in [3.63, 3.8) is 0 Å². The minimum atomic E-state index is -0.843. The second-order valence-electron chi connectivity index (χ2n) is 19.1. The van der Waals surface area contributed by atoms with E-state index in [1.807, 2.05) is 19.1 Å². The van der Waals surface area contributed by atoms with Crippen molar-refractivity contribution in [1.29, 1.82) is 0 Å². The van der Waals surface area contributed by atoms with E-state index in [0.717, 1.165) is 56.2 Å². The second-order valence-corrected chi connectivity index (χ2v) is 20.3. The van der Waals surface area contributed by atoms with E-state index in [4.69, 9.17) is 16.3 Å². The number of thiazole rings is 1. The number of hydrogen-bond donors (Lipinski definition) is 5. The molecule has 5 heterocycles. The number of carbonyl (C=O) groups excluding carboxylic acids is 9. The number of aromatic nitrogens is 1. The number of carbonyl (C=O) groups is 9. The van der Waals surface area contributed by atoms with E-state index in [1.54, 1.807) is 68.6 Å². The third-order valence-electron chi connectivity index (χ3n) is 12.7. The summed E-state index contributed by atoms with van der Waals surface area (Å²) in [6, 6.07) is 16.3. The summed E-state index contributed by atoms with van der Waals surface area (Å²) in [6.07, 6.45) is 0.713. The lowest BCUT2D eigenvalue weighted by Crippen LogP contribution is -2.55. The fraction of sp³-hybridized carbons (Fsp3) is 0.308. The molecule has 0 aliphatic carbocycles. The van der Waals surface area contributed by atoms with Gasteiger partial charge in [0.2, 0.25) is 17.7 Å². The van der Waals surface area contributed by atoms with Gasteiger partial charge in [-0.3, -0.25) is 44.2 Å². The summed E-state index contributed by atoms with van der Waals surface area (Å²) in [7, 11) is 0. The molecule has 1 aromatic heterocycles. The van der Waals surface area contributed by atoms with Gasteiger partial charge in [-0.15, -0.1) is 11.3 Å². The lowest BCUT2D eigenvalue weighted by molar-refractivity contribution is -0.168. The lowest BCUT2D eigenvalue weighted by atomic mass is 9.97. The summed E-state index contributed by atoms with van der Waals surface area (Å²) in [5.74, 6) is -4.38. The van der Waals surface area contributed by atoms with Crippen molar-refractivity contribution in [3.8, 4) is 11.3 Å². The zero-order valence-electron chi connectivity index (χ0n) is 40.9. The van der Waals surface area contributed by atoms with Crippen LogP contribution < -0.4 is 26.6 Å². The predicted molar refractivity (Wildman–Crippen MR) is 269 cm³/mol. The molecule has 0 spiro atoms. The highest BCUT2D eigenvalue weighted by molar-refractivity contribution is 7.14. The standard InChI is InChI=1S/C28H31ClN4O6.C24H19F2N5O4S/c1-16-5-7-19(12-21(16)29)31-27(38)30-13-17-6-8-20-18(11-17)14-32(24(20)35)22-9-10-23(34)33(25(22)36)15-39-26(37)28(2,3)4;25-14-2-4-16(17(26)8-14)18-11-36-24(28-18)30-23(35)27-9-12-1-3-15-13(7-12)10-31(22(15)34)19-5-6-20(32)29-21(19)33/h5-8,11-12,22H,9-10,13-15H2,1-4H3,(H2,30,31,38);1-4,7-8,11,19H,5-6,9-10H2,(H,29,32,33)(H2,27,28,30,35). The Morgan fingerprint density at radius 2 is 1.37 bits per heavy atom. The van der Waals surface area contributed by atoms with E-state index < -0.39 is 71.6 Å². The Balaban J connectivity index is 0.000000200. The second kappa shape index (κ2) is 22.2. The topological polar surface area (TPSA) is 246 Å². The van der Waals surface area contributed by atoms with Crippen molar-refractivity contribution in [2.45, 2.75) is 91.6 Å². The molecule has 0 radical (unpaired) electrons. The summed E-state index contributed by atoms with van der Waals surface area (Å²) >= 11 is 7.21. The van der Waals surface area contributed by atoms with Gasteiger partial charge in [0.15, 0.2) is 11.9 Å². The van der Waals surface area contributed by atoms with E-state index in [-0.39, 0.29) is 86.0 Å². The quantitative estimate of drug-likeness (QED) is 0.0656. The van der Waals surface area contributed by atoms with Crippen LogP contribution in [0.1, 0.15) is 95.0 Å². The first kappa shape index (κ1) is 53.2. The Bertz CT molecular complexity index is 3180. The van der Waals surface area contributed by atoms with Gasteiger partial charge in [-0.2, -0.15) is 0 Å². The van der Waals surface area contributed by atoms with Crippen LogP contribution in [0.25, 0.3) is 11.3 Å². The Kier molecular flexibility index (Phi) is 15.7. The first-order valence-corrected chi connectivity index (χ1v) is 24.9. The average molecular weight is 1070 g/mol. The molecule has 390 valence electrons. The minimum Gasteiger partial charge on any atom is -0.443 e. The number of benzene rings is 4. The largest absolute Gasteiger partial charge is 0.443 e. The molecule has 0 saturated carbocycles. The third kappa shape index (κ3) is 12.3. The highest BCUT2D eigenvalue weighted by Gasteiger charge is 2.44. The van der Waals surface area contributed by atoms with Crippen molar-refractivity contribution < 1.29 is 56.7 Å². The number of fused-ring (bicyclic) bond motifs is 2. The molecule has 10 amide bonds. The maximum atomic E-state index is 14.0. The third-order valence-corrected chi connectivity index (χ3v) is 13.8. The van der Waals surface area contributed by atoms with Crippen LogP contribution in [0.15, 0.2) is 78.2 Å². The van der Waals surface area contributed by atoms with E-state index in [1.165, 1.54) is 15.9 Å². The Labute approximate surface area is 437 Å². The number of aryl methyl sites for hydroxylation is 1. The average Bonchev–Trinajstić information content (AvgIpc) is 4.06. The number of likely N-dealkylation sites (tertiary alicyclic amines) is 1. The summed E-state index contributed by atoms with van der Waals surface area (Å²) in [5.41, 5.74) is 5.02. The number of esters is 1. The zero-order chi connectivity index (χ0) is 53.9. The molecular weight excluding hydrogens is 1020 g/mol. The van der Waals surface area contributed by atoms with Gasteiger partial charge in [0.1, 0.15) is 23.7 Å². The number of piperidine rings is 2. The van der Waals surface area contributed by atoms with Crippen LogP contribution in [0.2, 0.25) is 5.02 Å². The van der Waals surface area contributed by atoms with Crippen LogP contribution >= 0.6 is 22.9 Å². The minimum absolute atomic E-state index is 0.0556. The van der Waals surface area contributed by atoms with Crippen molar-refractivity contribution in [2.24, 2.45) is 5.41 Å². The molecule has 5 aromatic rings. The number of anilines is 2. The maximum absolute atomic E-state index is 14.0. The summed E-state index contributed by atoms with van der Waals surface area (Å²) in [4.78, 5) is 120. The number of imide groups is 2.